The fraction of sp³-hybridized carbons (Fsp3) is 0.385. The van der Waals surface area contributed by atoms with Crippen LogP contribution >= 0.6 is 11.6 Å². The highest BCUT2D eigenvalue weighted by Gasteiger charge is 2.15. The van der Waals surface area contributed by atoms with Crippen molar-refractivity contribution in [1.29, 1.82) is 0 Å². The van der Waals surface area contributed by atoms with Gasteiger partial charge in [0.2, 0.25) is 11.7 Å². The van der Waals surface area contributed by atoms with Crippen LogP contribution in [-0.4, -0.2) is 16.2 Å². The lowest BCUT2D eigenvalue weighted by Crippen LogP contribution is -2.27. The normalized spacial score (nSPS) is 12.8. The molecule has 1 aromatic carbocycles. The molecule has 0 radical (unpaired) electrons. The predicted octanol–water partition coefficient (Wildman–Crippen LogP) is 3.38. The molecule has 4 nitrogen and oxygen atoms in total. The molecule has 0 aliphatic rings. The first-order chi connectivity index (χ1) is 9.54. The topological polar surface area (TPSA) is 51.0 Å². The van der Waals surface area contributed by atoms with Gasteiger partial charge in [0.05, 0.1) is 6.54 Å². The molecule has 0 bridgehead atoms. The van der Waals surface area contributed by atoms with Crippen LogP contribution in [0.4, 0.5) is 8.78 Å². The molecule has 0 spiro atoms. The van der Waals surface area contributed by atoms with Gasteiger partial charge in [0, 0.05) is 11.1 Å². The van der Waals surface area contributed by atoms with E-state index in [0.29, 0.717) is 5.02 Å². The molecular formula is C13H14ClF2N3O. The van der Waals surface area contributed by atoms with E-state index in [9.17, 15) is 8.78 Å². The maximum atomic E-state index is 12.3. The van der Waals surface area contributed by atoms with Crippen LogP contribution in [0.15, 0.2) is 28.8 Å². The van der Waals surface area contributed by atoms with Crippen LogP contribution in [0.25, 0.3) is 0 Å². The van der Waals surface area contributed by atoms with Gasteiger partial charge in [-0.25, -0.2) is 8.78 Å². The second-order valence-corrected chi connectivity index (χ2v) is 4.90. The van der Waals surface area contributed by atoms with Gasteiger partial charge in [-0.2, -0.15) is 4.98 Å². The van der Waals surface area contributed by atoms with E-state index in [4.69, 9.17) is 16.1 Å². The Kier molecular flexibility index (Phi) is 5.03. The summed E-state index contributed by atoms with van der Waals surface area (Å²) in [4.78, 5) is 3.59. The molecule has 20 heavy (non-hydrogen) atoms. The minimum absolute atomic E-state index is 0.137. The highest BCUT2D eigenvalue weighted by atomic mass is 35.5. The van der Waals surface area contributed by atoms with Crippen LogP contribution in [-0.2, 0) is 13.0 Å². The van der Waals surface area contributed by atoms with Crippen LogP contribution in [0.1, 0.15) is 30.6 Å². The number of aromatic nitrogens is 2. The van der Waals surface area contributed by atoms with Crippen LogP contribution in [0, 0.1) is 0 Å². The third-order valence-corrected chi connectivity index (χ3v) is 2.99. The van der Waals surface area contributed by atoms with E-state index in [1.54, 1.807) is 0 Å². The quantitative estimate of drug-likeness (QED) is 0.888. The number of rotatable bonds is 6. The molecule has 1 aromatic heterocycles. The third kappa shape index (κ3) is 4.25. The zero-order valence-corrected chi connectivity index (χ0v) is 11.6. The van der Waals surface area contributed by atoms with Crippen molar-refractivity contribution in [3.63, 3.8) is 0 Å². The Morgan fingerprint density at radius 3 is 2.60 bits per heavy atom. The summed E-state index contributed by atoms with van der Waals surface area (Å²) in [6, 6.07) is 7.69. The van der Waals surface area contributed by atoms with Crippen molar-refractivity contribution in [2.45, 2.75) is 32.4 Å². The summed E-state index contributed by atoms with van der Waals surface area (Å²) >= 11 is 5.81. The molecule has 0 fully saturated rings. The second-order valence-electron chi connectivity index (χ2n) is 4.46. The highest BCUT2D eigenvalue weighted by molar-refractivity contribution is 6.30. The number of benzene rings is 1. The summed E-state index contributed by atoms with van der Waals surface area (Å²) in [6.07, 6.45) is -1.92. The van der Waals surface area contributed by atoms with E-state index in [0.717, 1.165) is 12.0 Å². The lowest BCUT2D eigenvalue weighted by atomic mass is 10.1. The van der Waals surface area contributed by atoms with Crippen LogP contribution < -0.4 is 5.32 Å². The molecule has 1 N–H and O–H groups in total. The van der Waals surface area contributed by atoms with Gasteiger partial charge in [-0.15, -0.1) is 0 Å². The van der Waals surface area contributed by atoms with E-state index in [1.807, 2.05) is 31.2 Å². The zero-order chi connectivity index (χ0) is 14.5. The summed E-state index contributed by atoms with van der Waals surface area (Å²) in [7, 11) is 0. The van der Waals surface area contributed by atoms with E-state index in [1.165, 1.54) is 0 Å². The molecule has 1 unspecified atom stereocenters. The maximum absolute atomic E-state index is 12.3. The first kappa shape index (κ1) is 14.9. The van der Waals surface area contributed by atoms with E-state index >= 15 is 0 Å². The van der Waals surface area contributed by atoms with Gasteiger partial charge >= 0.3 is 6.43 Å². The average Bonchev–Trinajstić information content (AvgIpc) is 2.88. The number of alkyl halides is 2. The van der Waals surface area contributed by atoms with Gasteiger partial charge in [0.25, 0.3) is 0 Å². The van der Waals surface area contributed by atoms with Crippen molar-refractivity contribution in [3.8, 4) is 0 Å². The summed E-state index contributed by atoms with van der Waals surface area (Å²) in [5.74, 6) is -0.421. The first-order valence-corrected chi connectivity index (χ1v) is 6.51. The van der Waals surface area contributed by atoms with Crippen molar-refractivity contribution in [3.05, 3.63) is 46.6 Å². The van der Waals surface area contributed by atoms with E-state index in [2.05, 4.69) is 15.5 Å². The zero-order valence-electron chi connectivity index (χ0n) is 10.8. The van der Waals surface area contributed by atoms with Crippen molar-refractivity contribution in [2.75, 3.05) is 0 Å². The maximum Gasteiger partial charge on any atom is 0.300 e. The van der Waals surface area contributed by atoms with Crippen molar-refractivity contribution < 1.29 is 13.3 Å². The molecule has 108 valence electrons. The minimum atomic E-state index is -2.71. The molecule has 2 rings (SSSR count). The molecule has 7 heteroatoms. The summed E-state index contributed by atoms with van der Waals surface area (Å²) < 4.78 is 29.3. The Bertz CT molecular complexity index is 545. The number of hydrogen-bond acceptors (Lipinski definition) is 4. The molecule has 0 amide bonds. The minimum Gasteiger partial charge on any atom is -0.338 e. The van der Waals surface area contributed by atoms with Gasteiger partial charge in [0.15, 0.2) is 0 Å². The Labute approximate surface area is 120 Å². The monoisotopic (exact) mass is 301 g/mol. The van der Waals surface area contributed by atoms with Gasteiger partial charge in [0.1, 0.15) is 0 Å². The predicted molar refractivity (Wildman–Crippen MR) is 70.7 cm³/mol. The molecule has 0 saturated heterocycles. The molecule has 0 aliphatic heterocycles. The molecular weight excluding hydrogens is 288 g/mol. The summed E-state index contributed by atoms with van der Waals surface area (Å²) in [5.41, 5.74) is 1.13. The summed E-state index contributed by atoms with van der Waals surface area (Å²) in [5, 5.41) is 7.03. The van der Waals surface area contributed by atoms with E-state index in [-0.39, 0.29) is 18.5 Å². The molecule has 2 aromatic rings. The lowest BCUT2D eigenvalue weighted by Gasteiger charge is -2.12. The highest BCUT2D eigenvalue weighted by Crippen LogP contribution is 2.14. The smallest absolute Gasteiger partial charge is 0.300 e. The van der Waals surface area contributed by atoms with Gasteiger partial charge in [-0.05, 0) is 31.0 Å². The van der Waals surface area contributed by atoms with Crippen molar-refractivity contribution in [1.82, 2.24) is 15.5 Å². The van der Waals surface area contributed by atoms with Crippen LogP contribution in [0.5, 0.6) is 0 Å². The van der Waals surface area contributed by atoms with Crippen LogP contribution in [0.3, 0.4) is 0 Å². The third-order valence-electron chi connectivity index (χ3n) is 2.74. The molecule has 1 atom stereocenters. The Balaban J connectivity index is 1.82. The fourth-order valence-corrected chi connectivity index (χ4v) is 1.86. The number of nitrogens with zero attached hydrogens (tertiary/aromatic N) is 2. The Hall–Kier alpha value is -1.53. The lowest BCUT2D eigenvalue weighted by molar-refractivity contribution is 0.136. The van der Waals surface area contributed by atoms with Gasteiger partial charge in [-0.1, -0.05) is 28.9 Å². The molecule has 0 aliphatic carbocycles. The largest absolute Gasteiger partial charge is 0.338 e. The van der Waals surface area contributed by atoms with Crippen molar-refractivity contribution in [2.24, 2.45) is 0 Å². The van der Waals surface area contributed by atoms with E-state index < -0.39 is 12.2 Å². The Morgan fingerprint density at radius 2 is 2.00 bits per heavy atom. The second kappa shape index (κ2) is 6.76. The standard InChI is InChI=1S/C13H14ClF2N3O/c1-8(6-9-2-4-10(14)5-3-9)17-7-11-18-13(12(15)16)19-20-11/h2-5,8,12,17H,6-7H2,1H3. The van der Waals surface area contributed by atoms with Crippen molar-refractivity contribution >= 4 is 11.6 Å². The molecule has 1 heterocycles. The first-order valence-electron chi connectivity index (χ1n) is 6.13. The molecule has 0 saturated carbocycles. The SMILES string of the molecule is CC(Cc1ccc(Cl)cc1)NCc1nc(C(F)F)no1. The van der Waals surface area contributed by atoms with Gasteiger partial charge < -0.3 is 9.84 Å². The number of hydrogen-bond donors (Lipinski definition) is 1. The van der Waals surface area contributed by atoms with Crippen LogP contribution in [0.2, 0.25) is 5.02 Å². The average molecular weight is 302 g/mol. The number of halogens is 3. The fourth-order valence-electron chi connectivity index (χ4n) is 1.74. The Morgan fingerprint density at radius 1 is 1.30 bits per heavy atom. The summed E-state index contributed by atoms with van der Waals surface area (Å²) in [6.45, 7) is 2.24. The van der Waals surface area contributed by atoms with Gasteiger partial charge in [-0.3, -0.25) is 0 Å². The number of nitrogens with one attached hydrogen (secondary N) is 1.